The van der Waals surface area contributed by atoms with Crippen LogP contribution in [-0.2, 0) is 11.2 Å². The Balaban J connectivity index is 1.43. The zero-order chi connectivity index (χ0) is 20.2. The Morgan fingerprint density at radius 1 is 1.00 bits per heavy atom. The molecule has 0 radical (unpaired) electrons. The summed E-state index contributed by atoms with van der Waals surface area (Å²) < 4.78 is 16.3. The van der Waals surface area contributed by atoms with Crippen LogP contribution in [0.4, 0.5) is 0 Å². The molecule has 0 atom stereocenters. The third-order valence-corrected chi connectivity index (χ3v) is 4.64. The number of ether oxygens (including phenoxy) is 3. The molecule has 7 heteroatoms. The number of carbonyl (C=O) groups is 2. The SMILES string of the molecule is COc1cc(C(=O)NNC(=O)Cc2cccc3ccccc23)cc2c1OCCO2. The molecule has 2 amide bonds. The summed E-state index contributed by atoms with van der Waals surface area (Å²) in [6.07, 6.45) is 0.145. The predicted octanol–water partition coefficient (Wildman–Crippen LogP) is 2.62. The molecule has 0 saturated heterocycles. The number of amides is 2. The van der Waals surface area contributed by atoms with E-state index < -0.39 is 5.91 Å². The summed E-state index contributed by atoms with van der Waals surface area (Å²) >= 11 is 0. The normalized spacial score (nSPS) is 12.3. The van der Waals surface area contributed by atoms with Crippen molar-refractivity contribution in [2.75, 3.05) is 20.3 Å². The lowest BCUT2D eigenvalue weighted by Gasteiger charge is -2.21. The number of fused-ring (bicyclic) bond motifs is 2. The minimum atomic E-state index is -0.480. The van der Waals surface area contributed by atoms with Crippen LogP contribution in [0.1, 0.15) is 15.9 Å². The minimum absolute atomic E-state index is 0.145. The van der Waals surface area contributed by atoms with E-state index in [-0.39, 0.29) is 17.9 Å². The maximum Gasteiger partial charge on any atom is 0.269 e. The number of methoxy groups -OCH3 is 1. The Labute approximate surface area is 167 Å². The molecule has 3 aromatic rings. The van der Waals surface area contributed by atoms with Gasteiger partial charge in [-0.05, 0) is 28.5 Å². The molecular weight excluding hydrogens is 372 g/mol. The van der Waals surface area contributed by atoms with Gasteiger partial charge >= 0.3 is 0 Å². The Kier molecular flexibility index (Phi) is 5.20. The monoisotopic (exact) mass is 392 g/mol. The van der Waals surface area contributed by atoms with Crippen molar-refractivity contribution >= 4 is 22.6 Å². The molecule has 148 valence electrons. The second kappa shape index (κ2) is 8.10. The molecule has 0 fully saturated rings. The van der Waals surface area contributed by atoms with Crippen molar-refractivity contribution in [2.45, 2.75) is 6.42 Å². The predicted molar refractivity (Wildman–Crippen MR) is 107 cm³/mol. The maximum atomic E-state index is 12.5. The van der Waals surface area contributed by atoms with Crippen molar-refractivity contribution in [1.82, 2.24) is 10.9 Å². The topological polar surface area (TPSA) is 85.9 Å². The van der Waals surface area contributed by atoms with Gasteiger partial charge in [-0.1, -0.05) is 42.5 Å². The Morgan fingerprint density at radius 2 is 1.79 bits per heavy atom. The molecule has 0 aliphatic carbocycles. The van der Waals surface area contributed by atoms with Gasteiger partial charge in [0.25, 0.3) is 5.91 Å². The van der Waals surface area contributed by atoms with E-state index in [0.29, 0.717) is 30.5 Å². The van der Waals surface area contributed by atoms with E-state index in [2.05, 4.69) is 10.9 Å². The average molecular weight is 392 g/mol. The van der Waals surface area contributed by atoms with E-state index in [4.69, 9.17) is 14.2 Å². The Bertz CT molecular complexity index is 1060. The van der Waals surface area contributed by atoms with Gasteiger partial charge in [-0.2, -0.15) is 0 Å². The highest BCUT2D eigenvalue weighted by molar-refractivity contribution is 5.97. The molecule has 1 heterocycles. The maximum absolute atomic E-state index is 12.5. The summed E-state index contributed by atoms with van der Waals surface area (Å²) in [5.74, 6) is 0.498. The molecule has 0 saturated carbocycles. The minimum Gasteiger partial charge on any atom is -0.493 e. The van der Waals surface area contributed by atoms with Gasteiger partial charge in [-0.15, -0.1) is 0 Å². The number of hydrogen-bond acceptors (Lipinski definition) is 5. The van der Waals surface area contributed by atoms with Gasteiger partial charge in [-0.3, -0.25) is 20.4 Å². The quantitative estimate of drug-likeness (QED) is 0.667. The van der Waals surface area contributed by atoms with Gasteiger partial charge in [-0.25, -0.2) is 0 Å². The zero-order valence-electron chi connectivity index (χ0n) is 15.9. The van der Waals surface area contributed by atoms with E-state index in [1.54, 1.807) is 12.1 Å². The highest BCUT2D eigenvalue weighted by Crippen LogP contribution is 2.40. The van der Waals surface area contributed by atoms with Crippen molar-refractivity contribution in [3.8, 4) is 17.2 Å². The van der Waals surface area contributed by atoms with Crippen LogP contribution in [-0.4, -0.2) is 32.1 Å². The largest absolute Gasteiger partial charge is 0.493 e. The van der Waals surface area contributed by atoms with E-state index in [1.165, 1.54) is 7.11 Å². The third-order valence-electron chi connectivity index (χ3n) is 4.64. The molecule has 2 N–H and O–H groups in total. The van der Waals surface area contributed by atoms with Gasteiger partial charge in [0.1, 0.15) is 13.2 Å². The number of rotatable bonds is 4. The molecule has 7 nitrogen and oxygen atoms in total. The van der Waals surface area contributed by atoms with Gasteiger partial charge < -0.3 is 14.2 Å². The van der Waals surface area contributed by atoms with E-state index in [0.717, 1.165) is 16.3 Å². The number of hydrogen-bond donors (Lipinski definition) is 2. The highest BCUT2D eigenvalue weighted by Gasteiger charge is 2.21. The molecule has 1 aliphatic rings. The first-order chi connectivity index (χ1) is 14.2. The van der Waals surface area contributed by atoms with Crippen LogP contribution in [0, 0.1) is 0 Å². The summed E-state index contributed by atoms with van der Waals surface area (Å²) in [7, 11) is 1.49. The van der Waals surface area contributed by atoms with Gasteiger partial charge in [0.05, 0.1) is 13.5 Å². The molecule has 4 rings (SSSR count). The van der Waals surface area contributed by atoms with Gasteiger partial charge in [0.2, 0.25) is 11.7 Å². The third kappa shape index (κ3) is 3.94. The lowest BCUT2D eigenvalue weighted by atomic mass is 10.0. The van der Waals surface area contributed by atoms with Crippen molar-refractivity contribution in [1.29, 1.82) is 0 Å². The van der Waals surface area contributed by atoms with Crippen LogP contribution in [0.15, 0.2) is 54.6 Å². The van der Waals surface area contributed by atoms with Crippen molar-refractivity contribution in [3.05, 3.63) is 65.7 Å². The summed E-state index contributed by atoms with van der Waals surface area (Å²) in [6, 6.07) is 16.7. The van der Waals surface area contributed by atoms with Gasteiger partial charge in [0.15, 0.2) is 11.5 Å². The van der Waals surface area contributed by atoms with Crippen LogP contribution >= 0.6 is 0 Å². The number of benzene rings is 3. The van der Waals surface area contributed by atoms with Crippen LogP contribution < -0.4 is 25.1 Å². The van der Waals surface area contributed by atoms with Crippen molar-refractivity contribution < 1.29 is 23.8 Å². The number of nitrogens with one attached hydrogen (secondary N) is 2. The first-order valence-electron chi connectivity index (χ1n) is 9.19. The van der Waals surface area contributed by atoms with Crippen LogP contribution in [0.2, 0.25) is 0 Å². The molecule has 0 spiro atoms. The van der Waals surface area contributed by atoms with Crippen LogP contribution in [0.3, 0.4) is 0 Å². The fourth-order valence-electron chi connectivity index (χ4n) is 3.27. The lowest BCUT2D eigenvalue weighted by molar-refractivity contribution is -0.121. The van der Waals surface area contributed by atoms with Crippen molar-refractivity contribution in [3.63, 3.8) is 0 Å². The lowest BCUT2D eigenvalue weighted by Crippen LogP contribution is -2.42. The average Bonchev–Trinajstić information content (AvgIpc) is 2.77. The summed E-state index contributed by atoms with van der Waals surface area (Å²) in [6.45, 7) is 0.808. The van der Waals surface area contributed by atoms with Crippen LogP contribution in [0.5, 0.6) is 17.2 Å². The Morgan fingerprint density at radius 3 is 2.66 bits per heavy atom. The molecular formula is C22H20N2O5. The Hall–Kier alpha value is -3.74. The zero-order valence-corrected chi connectivity index (χ0v) is 15.9. The van der Waals surface area contributed by atoms with Gasteiger partial charge in [0, 0.05) is 5.56 Å². The molecule has 0 aromatic heterocycles. The van der Waals surface area contributed by atoms with E-state index >= 15 is 0 Å². The van der Waals surface area contributed by atoms with Crippen molar-refractivity contribution in [2.24, 2.45) is 0 Å². The summed E-state index contributed by atoms with van der Waals surface area (Å²) in [5, 5.41) is 2.07. The first kappa shape index (κ1) is 18.6. The smallest absolute Gasteiger partial charge is 0.269 e. The standard InChI is InChI=1S/C22H20N2O5/c1-27-18-11-16(12-19-21(18)29-10-9-28-19)22(26)24-23-20(25)13-15-7-4-6-14-5-2-3-8-17(14)15/h2-8,11-12H,9-10,13H2,1H3,(H,23,25)(H,24,26). The molecule has 29 heavy (non-hydrogen) atoms. The van der Waals surface area contributed by atoms with Crippen LogP contribution in [0.25, 0.3) is 10.8 Å². The molecule has 1 aliphatic heterocycles. The highest BCUT2D eigenvalue weighted by atomic mass is 16.6. The first-order valence-corrected chi connectivity index (χ1v) is 9.19. The van der Waals surface area contributed by atoms with E-state index in [9.17, 15) is 9.59 Å². The fourth-order valence-corrected chi connectivity index (χ4v) is 3.27. The second-order valence-corrected chi connectivity index (χ2v) is 6.52. The summed E-state index contributed by atoms with van der Waals surface area (Å²) in [4.78, 5) is 24.8. The summed E-state index contributed by atoms with van der Waals surface area (Å²) in [5.41, 5.74) is 6.07. The molecule has 3 aromatic carbocycles. The number of hydrazine groups is 1. The molecule has 0 bridgehead atoms. The molecule has 0 unspecified atom stereocenters. The second-order valence-electron chi connectivity index (χ2n) is 6.52. The van der Waals surface area contributed by atoms with E-state index in [1.807, 2.05) is 42.5 Å². The number of carbonyl (C=O) groups excluding carboxylic acids is 2. The fraction of sp³-hybridized carbons (Fsp3) is 0.182.